The van der Waals surface area contributed by atoms with Crippen LogP contribution in [0.4, 0.5) is 0 Å². The van der Waals surface area contributed by atoms with Gasteiger partial charge in [0.15, 0.2) is 0 Å². The van der Waals surface area contributed by atoms with Crippen molar-refractivity contribution in [1.29, 1.82) is 0 Å². The Kier molecular flexibility index (Phi) is 3.94. The average molecular weight is 218 g/mol. The largest absolute Gasteiger partial charge is 0.357 e. The quantitative estimate of drug-likeness (QED) is 0.758. The third kappa shape index (κ3) is 2.83. The minimum Gasteiger partial charge on any atom is -0.357 e. The van der Waals surface area contributed by atoms with E-state index in [0.29, 0.717) is 6.04 Å². The highest BCUT2D eigenvalue weighted by molar-refractivity contribution is 5.45. The highest BCUT2D eigenvalue weighted by Gasteiger charge is 2.23. The van der Waals surface area contributed by atoms with E-state index in [1.54, 1.807) is 0 Å². The second-order valence-electron chi connectivity index (χ2n) is 4.28. The summed E-state index contributed by atoms with van der Waals surface area (Å²) in [7, 11) is 0. The third-order valence-corrected chi connectivity index (χ3v) is 3.16. The molecule has 1 aliphatic rings. The maximum absolute atomic E-state index is 10.3. The van der Waals surface area contributed by atoms with Crippen molar-refractivity contribution in [2.24, 2.45) is 0 Å². The van der Waals surface area contributed by atoms with Gasteiger partial charge >= 0.3 is 0 Å². The molecule has 0 saturated carbocycles. The SMILES string of the molecule is O=CNCC1CCCN1Cc1ccccc1. The van der Waals surface area contributed by atoms with Gasteiger partial charge in [-0.2, -0.15) is 0 Å². The van der Waals surface area contributed by atoms with E-state index >= 15 is 0 Å². The molecule has 1 aromatic rings. The Hall–Kier alpha value is -1.35. The number of amides is 1. The van der Waals surface area contributed by atoms with Crippen LogP contribution in [0.1, 0.15) is 18.4 Å². The summed E-state index contributed by atoms with van der Waals surface area (Å²) in [6, 6.07) is 11.0. The van der Waals surface area contributed by atoms with E-state index in [9.17, 15) is 4.79 Å². The number of nitrogens with zero attached hydrogens (tertiary/aromatic N) is 1. The number of carbonyl (C=O) groups is 1. The minimum atomic E-state index is 0.505. The molecule has 0 spiro atoms. The van der Waals surface area contributed by atoms with Gasteiger partial charge in [-0.25, -0.2) is 0 Å². The van der Waals surface area contributed by atoms with Gasteiger partial charge in [0.2, 0.25) is 6.41 Å². The molecule has 1 saturated heterocycles. The smallest absolute Gasteiger partial charge is 0.207 e. The first-order valence-electron chi connectivity index (χ1n) is 5.85. The molecule has 0 bridgehead atoms. The van der Waals surface area contributed by atoms with Crippen molar-refractivity contribution < 1.29 is 4.79 Å². The molecule has 16 heavy (non-hydrogen) atoms. The van der Waals surface area contributed by atoms with Crippen molar-refractivity contribution in [3.8, 4) is 0 Å². The van der Waals surface area contributed by atoms with Crippen LogP contribution in [0.3, 0.4) is 0 Å². The Morgan fingerprint density at radius 2 is 2.19 bits per heavy atom. The zero-order valence-electron chi connectivity index (χ0n) is 9.43. The molecule has 1 atom stereocenters. The minimum absolute atomic E-state index is 0.505. The number of nitrogens with one attached hydrogen (secondary N) is 1. The van der Waals surface area contributed by atoms with Gasteiger partial charge in [0, 0.05) is 19.1 Å². The van der Waals surface area contributed by atoms with Crippen LogP contribution in [0.15, 0.2) is 30.3 Å². The zero-order valence-corrected chi connectivity index (χ0v) is 9.43. The topological polar surface area (TPSA) is 32.3 Å². The van der Waals surface area contributed by atoms with Gasteiger partial charge in [-0.3, -0.25) is 9.69 Å². The van der Waals surface area contributed by atoms with Crippen molar-refractivity contribution in [2.45, 2.75) is 25.4 Å². The molecule has 1 amide bonds. The van der Waals surface area contributed by atoms with Gasteiger partial charge in [0.1, 0.15) is 0 Å². The fraction of sp³-hybridized carbons (Fsp3) is 0.462. The Labute approximate surface area is 96.5 Å². The molecule has 3 heteroatoms. The molecular formula is C13H18N2O. The lowest BCUT2D eigenvalue weighted by atomic mass is 10.2. The van der Waals surface area contributed by atoms with E-state index in [4.69, 9.17) is 0 Å². The first-order valence-corrected chi connectivity index (χ1v) is 5.85. The van der Waals surface area contributed by atoms with E-state index in [2.05, 4.69) is 34.5 Å². The third-order valence-electron chi connectivity index (χ3n) is 3.16. The maximum atomic E-state index is 10.3. The number of hydrogen-bond donors (Lipinski definition) is 1. The van der Waals surface area contributed by atoms with Crippen molar-refractivity contribution in [3.63, 3.8) is 0 Å². The second-order valence-corrected chi connectivity index (χ2v) is 4.28. The summed E-state index contributed by atoms with van der Waals surface area (Å²) in [6.45, 7) is 2.91. The second kappa shape index (κ2) is 5.66. The van der Waals surface area contributed by atoms with Gasteiger partial charge in [-0.15, -0.1) is 0 Å². The van der Waals surface area contributed by atoms with Crippen LogP contribution in [0.2, 0.25) is 0 Å². The number of rotatable bonds is 5. The van der Waals surface area contributed by atoms with Crippen LogP contribution in [0, 0.1) is 0 Å². The van der Waals surface area contributed by atoms with Crippen LogP contribution in [0.25, 0.3) is 0 Å². The van der Waals surface area contributed by atoms with Gasteiger partial charge < -0.3 is 5.32 Å². The molecule has 0 aliphatic carbocycles. The normalized spacial score (nSPS) is 20.9. The van der Waals surface area contributed by atoms with Gasteiger partial charge in [0.05, 0.1) is 0 Å². The van der Waals surface area contributed by atoms with E-state index < -0.39 is 0 Å². The van der Waals surface area contributed by atoms with Gasteiger partial charge in [0.25, 0.3) is 0 Å². The predicted octanol–water partition coefficient (Wildman–Crippen LogP) is 1.40. The standard InChI is InChI=1S/C13H18N2O/c16-11-14-9-13-7-4-8-15(13)10-12-5-2-1-3-6-12/h1-3,5-6,11,13H,4,7-10H2,(H,14,16). The lowest BCUT2D eigenvalue weighted by Gasteiger charge is -2.24. The summed E-state index contributed by atoms with van der Waals surface area (Å²) in [6.07, 6.45) is 3.21. The molecule has 1 fully saturated rings. The van der Waals surface area contributed by atoms with Crippen molar-refractivity contribution in [2.75, 3.05) is 13.1 Å². The molecule has 0 radical (unpaired) electrons. The van der Waals surface area contributed by atoms with Crippen molar-refractivity contribution in [1.82, 2.24) is 10.2 Å². The van der Waals surface area contributed by atoms with Crippen LogP contribution in [-0.4, -0.2) is 30.4 Å². The molecule has 3 nitrogen and oxygen atoms in total. The summed E-state index contributed by atoms with van der Waals surface area (Å²) >= 11 is 0. The Morgan fingerprint density at radius 3 is 2.94 bits per heavy atom. The summed E-state index contributed by atoms with van der Waals surface area (Å²) in [5, 5.41) is 2.78. The number of hydrogen-bond acceptors (Lipinski definition) is 2. The van der Waals surface area contributed by atoms with Crippen molar-refractivity contribution in [3.05, 3.63) is 35.9 Å². The average Bonchev–Trinajstić information content (AvgIpc) is 2.75. The maximum Gasteiger partial charge on any atom is 0.207 e. The van der Waals surface area contributed by atoms with E-state index in [-0.39, 0.29) is 0 Å². The molecule has 1 N–H and O–H groups in total. The first-order chi connectivity index (χ1) is 7.90. The highest BCUT2D eigenvalue weighted by atomic mass is 16.1. The Morgan fingerprint density at radius 1 is 1.38 bits per heavy atom. The van der Waals surface area contributed by atoms with Crippen LogP contribution >= 0.6 is 0 Å². The Balaban J connectivity index is 1.90. The predicted molar refractivity (Wildman–Crippen MR) is 63.9 cm³/mol. The lowest BCUT2D eigenvalue weighted by Crippen LogP contribution is -2.37. The van der Waals surface area contributed by atoms with Crippen LogP contribution in [-0.2, 0) is 11.3 Å². The van der Waals surface area contributed by atoms with Crippen LogP contribution < -0.4 is 5.32 Å². The molecule has 1 unspecified atom stereocenters. The number of carbonyl (C=O) groups excluding carboxylic acids is 1. The molecule has 2 rings (SSSR count). The molecule has 1 heterocycles. The lowest BCUT2D eigenvalue weighted by molar-refractivity contribution is -0.109. The van der Waals surface area contributed by atoms with Crippen molar-refractivity contribution >= 4 is 6.41 Å². The summed E-state index contributed by atoms with van der Waals surface area (Å²) in [5.41, 5.74) is 1.35. The summed E-state index contributed by atoms with van der Waals surface area (Å²) in [5.74, 6) is 0. The summed E-state index contributed by atoms with van der Waals surface area (Å²) in [4.78, 5) is 12.7. The fourth-order valence-electron chi connectivity index (χ4n) is 2.34. The fourth-order valence-corrected chi connectivity index (χ4v) is 2.34. The molecular weight excluding hydrogens is 200 g/mol. The van der Waals surface area contributed by atoms with Gasteiger partial charge in [-0.05, 0) is 24.9 Å². The number of benzene rings is 1. The van der Waals surface area contributed by atoms with Gasteiger partial charge in [-0.1, -0.05) is 30.3 Å². The van der Waals surface area contributed by atoms with E-state index in [0.717, 1.165) is 26.0 Å². The van der Waals surface area contributed by atoms with E-state index in [1.807, 2.05) is 6.07 Å². The molecule has 1 aromatic carbocycles. The summed E-state index contributed by atoms with van der Waals surface area (Å²) < 4.78 is 0. The van der Waals surface area contributed by atoms with E-state index in [1.165, 1.54) is 18.4 Å². The Bertz CT molecular complexity index is 326. The number of likely N-dealkylation sites (tertiary alicyclic amines) is 1. The first kappa shape index (κ1) is 11.1. The van der Waals surface area contributed by atoms with Crippen LogP contribution in [0.5, 0.6) is 0 Å². The highest BCUT2D eigenvalue weighted by Crippen LogP contribution is 2.19. The molecule has 1 aliphatic heterocycles. The molecule has 86 valence electrons. The zero-order chi connectivity index (χ0) is 11.2. The monoisotopic (exact) mass is 218 g/mol. The molecule has 0 aromatic heterocycles.